The van der Waals surface area contributed by atoms with E-state index in [1.807, 2.05) is 0 Å². The summed E-state index contributed by atoms with van der Waals surface area (Å²) in [6.07, 6.45) is 0. The van der Waals surface area contributed by atoms with Crippen molar-refractivity contribution in [3.8, 4) is 45.7 Å². The minimum atomic E-state index is -0.0968. The summed E-state index contributed by atoms with van der Waals surface area (Å²) >= 11 is 0. The lowest BCUT2D eigenvalue weighted by Gasteiger charge is -2.33. The molecule has 0 saturated carbocycles. The summed E-state index contributed by atoms with van der Waals surface area (Å²) in [5.74, 6) is 3.28. The minimum absolute atomic E-state index is 0.0968. The average Bonchev–Trinajstić information content (AvgIpc) is 4.19. The topological polar surface area (TPSA) is 38.2 Å². The molecule has 0 aliphatic carbocycles. The van der Waals surface area contributed by atoms with Crippen LogP contribution in [0.2, 0.25) is 0 Å². The number of fused-ring (bicyclic) bond motifs is 18. The molecule has 11 aromatic carbocycles. The molecule has 0 spiro atoms. The van der Waals surface area contributed by atoms with Crippen LogP contribution >= 0.6 is 0 Å². The summed E-state index contributed by atoms with van der Waals surface area (Å²) in [6, 6.07) is 85.6. The van der Waals surface area contributed by atoms with E-state index in [-0.39, 0.29) is 6.71 Å². The van der Waals surface area contributed by atoms with Gasteiger partial charge in [0.05, 0.1) is 49.8 Å². The second kappa shape index (κ2) is 14.4. The summed E-state index contributed by atoms with van der Waals surface area (Å²) in [5.41, 5.74) is 16.8. The number of ether oxygens (including phenoxy) is 2. The van der Waals surface area contributed by atoms with Crippen LogP contribution in [0, 0.1) is 0 Å². The predicted octanol–water partition coefficient (Wildman–Crippen LogP) is 14.8. The Morgan fingerprint density at radius 1 is 0.260 bits per heavy atom. The van der Waals surface area contributed by atoms with Crippen LogP contribution in [0.3, 0.4) is 0 Å². The molecule has 6 nitrogen and oxygen atoms in total. The van der Waals surface area contributed by atoms with Gasteiger partial charge in [0.2, 0.25) is 0 Å². The Morgan fingerprint density at radius 3 is 1.25 bits per heavy atom. The first-order valence-electron chi connectivity index (χ1n) is 25.0. The Kier molecular flexibility index (Phi) is 7.73. The van der Waals surface area contributed by atoms with E-state index in [4.69, 9.17) is 9.47 Å². The van der Waals surface area contributed by atoms with Crippen molar-refractivity contribution in [2.45, 2.75) is 0 Å². The van der Waals surface area contributed by atoms with Crippen molar-refractivity contribution in [1.82, 2.24) is 18.3 Å². The first-order chi connectivity index (χ1) is 36.2. The van der Waals surface area contributed by atoms with Gasteiger partial charge in [0.15, 0.2) is 0 Å². The van der Waals surface area contributed by atoms with Crippen LogP contribution in [0.4, 0.5) is 0 Å². The number of aromatic nitrogens is 4. The SMILES string of the molecule is c1ccc(-n2c3ccccc3c3ccc4c(c5ccccc5n4-c4ccc5c(c4)Oc4cc(-n6c7ccccc7c7c6ccc6c8ccccc8n(-c8ccccc8)c67)cc6c4B5c4ccccc4O6)c32)cc1. The Balaban J connectivity index is 0.896. The summed E-state index contributed by atoms with van der Waals surface area (Å²) in [7, 11) is 0. The third kappa shape index (κ3) is 5.22. The number of hydrogen-bond acceptors (Lipinski definition) is 2. The Labute approximate surface area is 418 Å². The maximum Gasteiger partial charge on any atom is 0.260 e. The highest BCUT2D eigenvalue weighted by Gasteiger charge is 2.41. The molecule has 0 saturated heterocycles. The maximum atomic E-state index is 7.32. The second-order valence-corrected chi connectivity index (χ2v) is 19.5. The lowest BCUT2D eigenvalue weighted by atomic mass is 9.35. The van der Waals surface area contributed by atoms with Crippen LogP contribution in [-0.4, -0.2) is 25.0 Å². The van der Waals surface area contributed by atoms with Crippen molar-refractivity contribution in [3.05, 3.63) is 237 Å². The normalized spacial score (nSPS) is 12.8. The highest BCUT2D eigenvalue weighted by Crippen LogP contribution is 2.46. The molecule has 0 atom stereocenters. The number of nitrogens with zero attached hydrogens (tertiary/aromatic N) is 4. The van der Waals surface area contributed by atoms with Gasteiger partial charge in [-0.2, -0.15) is 0 Å². The summed E-state index contributed by atoms with van der Waals surface area (Å²) in [4.78, 5) is 0. The van der Waals surface area contributed by atoms with Gasteiger partial charge in [-0.3, -0.25) is 0 Å². The smallest absolute Gasteiger partial charge is 0.260 e. The monoisotopic (exact) mass is 930 g/mol. The molecule has 0 bridgehead atoms. The van der Waals surface area contributed by atoms with E-state index >= 15 is 0 Å². The van der Waals surface area contributed by atoms with Crippen molar-refractivity contribution in [2.75, 3.05) is 0 Å². The zero-order valence-electron chi connectivity index (χ0n) is 39.2. The van der Waals surface area contributed by atoms with Crippen LogP contribution in [0.1, 0.15) is 0 Å². The van der Waals surface area contributed by atoms with E-state index in [2.05, 4.69) is 255 Å². The number of para-hydroxylation sites is 7. The number of benzene rings is 11. The van der Waals surface area contributed by atoms with Gasteiger partial charge in [0.25, 0.3) is 6.71 Å². The molecule has 0 unspecified atom stereocenters. The Morgan fingerprint density at radius 2 is 0.685 bits per heavy atom. The Bertz CT molecular complexity index is 4870. The van der Waals surface area contributed by atoms with Gasteiger partial charge >= 0.3 is 0 Å². The Hall–Kier alpha value is -9.72. The van der Waals surface area contributed by atoms with Crippen molar-refractivity contribution in [1.29, 1.82) is 0 Å². The molecule has 15 aromatic rings. The third-order valence-electron chi connectivity index (χ3n) is 15.8. The molecule has 0 radical (unpaired) electrons. The zero-order valence-corrected chi connectivity index (χ0v) is 39.2. The molecule has 17 rings (SSSR count). The lowest BCUT2D eigenvalue weighted by molar-refractivity contribution is 0.464. The van der Waals surface area contributed by atoms with Gasteiger partial charge in [0.1, 0.15) is 23.0 Å². The highest BCUT2D eigenvalue weighted by atomic mass is 16.5. The quantitative estimate of drug-likeness (QED) is 0.165. The largest absolute Gasteiger partial charge is 0.458 e. The summed E-state index contributed by atoms with van der Waals surface area (Å²) in [5, 5.41) is 9.73. The van der Waals surface area contributed by atoms with Crippen LogP contribution < -0.4 is 25.9 Å². The molecule has 0 fully saturated rings. The van der Waals surface area contributed by atoms with Gasteiger partial charge in [0, 0.05) is 83.8 Å². The van der Waals surface area contributed by atoms with Crippen molar-refractivity contribution in [3.63, 3.8) is 0 Å². The van der Waals surface area contributed by atoms with E-state index in [9.17, 15) is 0 Å². The standard InChI is InChI=1S/C66H39BN4O2/c1-3-17-40(18-4-1)70-52-26-12-7-21-44(52)46-32-35-56-62(65(46)70)48-23-9-14-28-54(48)68(56)42-31-34-51-59(37-42)73-61-39-43(38-60-64(61)67(51)50-25-11-16-30-58(50)72-60)69-55-29-15-10-24-49(55)63-57(69)36-33-47-45-22-8-13-27-53(45)71(66(47)63)41-19-5-2-6-20-41/h1-39H. The predicted molar refractivity (Wildman–Crippen MR) is 301 cm³/mol. The van der Waals surface area contributed by atoms with Crippen molar-refractivity contribution >= 4 is 110 Å². The van der Waals surface area contributed by atoms with Crippen LogP contribution in [0.15, 0.2) is 237 Å². The molecule has 2 aliphatic rings. The fourth-order valence-electron chi connectivity index (χ4n) is 13.0. The van der Waals surface area contributed by atoms with E-state index in [0.29, 0.717) is 0 Å². The van der Waals surface area contributed by atoms with Crippen LogP contribution in [-0.2, 0) is 0 Å². The number of hydrogen-bond donors (Lipinski definition) is 0. The molecular weight excluding hydrogens is 892 g/mol. The average molecular weight is 931 g/mol. The van der Waals surface area contributed by atoms with Crippen molar-refractivity contribution < 1.29 is 9.47 Å². The summed E-state index contributed by atoms with van der Waals surface area (Å²) in [6.45, 7) is -0.0968. The molecule has 2 aliphatic heterocycles. The zero-order chi connectivity index (χ0) is 47.5. The third-order valence-corrected chi connectivity index (χ3v) is 15.8. The first-order valence-corrected chi connectivity index (χ1v) is 25.0. The molecule has 0 N–H and O–H groups in total. The van der Waals surface area contributed by atoms with Gasteiger partial charge in [-0.25, -0.2) is 0 Å². The summed E-state index contributed by atoms with van der Waals surface area (Å²) < 4.78 is 24.0. The second-order valence-electron chi connectivity index (χ2n) is 19.5. The number of rotatable bonds is 4. The molecule has 4 aromatic heterocycles. The fourth-order valence-corrected chi connectivity index (χ4v) is 13.0. The molecule has 7 heteroatoms. The molecule has 0 amide bonds. The highest BCUT2D eigenvalue weighted by molar-refractivity contribution is 6.98. The fraction of sp³-hybridized carbons (Fsp3) is 0. The van der Waals surface area contributed by atoms with Crippen LogP contribution in [0.5, 0.6) is 23.0 Å². The van der Waals surface area contributed by atoms with Gasteiger partial charge in [-0.15, -0.1) is 0 Å². The van der Waals surface area contributed by atoms with E-state index < -0.39 is 0 Å². The van der Waals surface area contributed by atoms with Crippen molar-refractivity contribution in [2.24, 2.45) is 0 Å². The maximum absolute atomic E-state index is 7.32. The molecular formula is C66H39BN4O2. The molecule has 73 heavy (non-hydrogen) atoms. The lowest BCUT2D eigenvalue weighted by Crippen LogP contribution is -2.57. The first kappa shape index (κ1) is 39.1. The van der Waals surface area contributed by atoms with Gasteiger partial charge in [-0.1, -0.05) is 146 Å². The molecule has 6 heterocycles. The van der Waals surface area contributed by atoms with Gasteiger partial charge < -0.3 is 27.7 Å². The minimum Gasteiger partial charge on any atom is -0.458 e. The van der Waals surface area contributed by atoms with E-state index in [1.165, 1.54) is 65.2 Å². The van der Waals surface area contributed by atoms with E-state index in [0.717, 1.165) is 84.2 Å². The van der Waals surface area contributed by atoms with Crippen LogP contribution in [0.25, 0.3) is 110 Å². The van der Waals surface area contributed by atoms with Gasteiger partial charge in [-0.05, 0) is 83.7 Å². The molecule has 338 valence electrons. The van der Waals surface area contributed by atoms with E-state index in [1.54, 1.807) is 0 Å².